The van der Waals surface area contributed by atoms with Gasteiger partial charge in [-0.2, -0.15) is 0 Å². The molecule has 3 nitrogen and oxygen atoms in total. The molecule has 0 aliphatic heterocycles. The first-order chi connectivity index (χ1) is 10.2. The Kier molecular flexibility index (Phi) is 5.43. The molecule has 0 aliphatic carbocycles. The topological polar surface area (TPSA) is 33.2 Å². The molecule has 0 fully saturated rings. The first-order valence-electron chi connectivity index (χ1n) is 7.07. The summed E-state index contributed by atoms with van der Waals surface area (Å²) < 4.78 is 13.5. The molecule has 0 saturated heterocycles. The molecule has 110 valence electrons. The molecular weight excluding hydrogens is 267 g/mol. The molecule has 1 aromatic heterocycles. The minimum Gasteiger partial charge on any atom is -0.342 e. The molecule has 2 rings (SSSR count). The lowest BCUT2D eigenvalue weighted by Crippen LogP contribution is -2.28. The standard InChI is InChI=1S/C17H19FN2O/c1-20(17(21)15-10-11-19-13-16(15)18)12-6-5-9-14-7-3-2-4-8-14/h2-4,7-8,10-11,13H,5-6,9,12H2,1H3. The monoisotopic (exact) mass is 286 g/mol. The number of carbonyl (C=O) groups excluding carboxylic acids is 1. The van der Waals surface area contributed by atoms with E-state index in [4.69, 9.17) is 0 Å². The zero-order valence-corrected chi connectivity index (χ0v) is 12.1. The van der Waals surface area contributed by atoms with Crippen molar-refractivity contribution in [1.82, 2.24) is 9.88 Å². The number of rotatable bonds is 6. The maximum absolute atomic E-state index is 13.5. The van der Waals surface area contributed by atoms with Crippen LogP contribution in [0.2, 0.25) is 0 Å². The third-order valence-corrected chi connectivity index (χ3v) is 3.40. The first-order valence-corrected chi connectivity index (χ1v) is 7.07. The third kappa shape index (κ3) is 4.38. The minimum absolute atomic E-state index is 0.0792. The van der Waals surface area contributed by atoms with Crippen molar-refractivity contribution >= 4 is 5.91 Å². The van der Waals surface area contributed by atoms with Crippen LogP contribution in [-0.4, -0.2) is 29.4 Å². The lowest BCUT2D eigenvalue weighted by Gasteiger charge is -2.17. The highest BCUT2D eigenvalue weighted by Gasteiger charge is 2.15. The van der Waals surface area contributed by atoms with Crippen molar-refractivity contribution in [3.8, 4) is 0 Å². The van der Waals surface area contributed by atoms with Crippen molar-refractivity contribution in [1.29, 1.82) is 0 Å². The second-order valence-electron chi connectivity index (χ2n) is 5.02. The van der Waals surface area contributed by atoms with Crippen LogP contribution in [0.15, 0.2) is 48.8 Å². The van der Waals surface area contributed by atoms with Gasteiger partial charge in [0.05, 0.1) is 11.8 Å². The molecule has 1 aromatic carbocycles. The van der Waals surface area contributed by atoms with E-state index in [1.54, 1.807) is 11.9 Å². The van der Waals surface area contributed by atoms with Gasteiger partial charge in [0.1, 0.15) is 0 Å². The number of nitrogens with zero attached hydrogens (tertiary/aromatic N) is 2. The van der Waals surface area contributed by atoms with Crippen LogP contribution in [0.3, 0.4) is 0 Å². The summed E-state index contributed by atoms with van der Waals surface area (Å²) in [4.78, 5) is 17.3. The summed E-state index contributed by atoms with van der Waals surface area (Å²) in [7, 11) is 1.70. The van der Waals surface area contributed by atoms with Gasteiger partial charge >= 0.3 is 0 Å². The number of carbonyl (C=O) groups is 1. The third-order valence-electron chi connectivity index (χ3n) is 3.40. The Bertz CT molecular complexity index is 586. The van der Waals surface area contributed by atoms with Gasteiger partial charge in [0.25, 0.3) is 5.91 Å². The molecule has 0 aliphatic rings. The number of halogens is 1. The highest BCUT2D eigenvalue weighted by atomic mass is 19.1. The van der Waals surface area contributed by atoms with Crippen LogP contribution in [0.4, 0.5) is 4.39 Å². The Hall–Kier alpha value is -2.23. The fraction of sp³-hybridized carbons (Fsp3) is 0.294. The van der Waals surface area contributed by atoms with Crippen LogP contribution < -0.4 is 0 Å². The Morgan fingerprint density at radius 1 is 1.19 bits per heavy atom. The van der Waals surface area contributed by atoms with E-state index in [1.807, 2.05) is 18.2 Å². The van der Waals surface area contributed by atoms with Crippen molar-refractivity contribution in [2.24, 2.45) is 0 Å². The van der Waals surface area contributed by atoms with Gasteiger partial charge in [-0.15, -0.1) is 0 Å². The van der Waals surface area contributed by atoms with Crippen molar-refractivity contribution in [2.45, 2.75) is 19.3 Å². The minimum atomic E-state index is -0.571. The van der Waals surface area contributed by atoms with Crippen molar-refractivity contribution in [3.05, 3.63) is 65.7 Å². The number of amides is 1. The molecule has 4 heteroatoms. The van der Waals surface area contributed by atoms with E-state index in [2.05, 4.69) is 17.1 Å². The fourth-order valence-corrected chi connectivity index (χ4v) is 2.18. The summed E-state index contributed by atoms with van der Waals surface area (Å²) >= 11 is 0. The highest BCUT2D eigenvalue weighted by molar-refractivity contribution is 5.94. The second-order valence-corrected chi connectivity index (χ2v) is 5.02. The van der Waals surface area contributed by atoms with Crippen LogP contribution >= 0.6 is 0 Å². The quantitative estimate of drug-likeness (QED) is 0.763. The van der Waals surface area contributed by atoms with Gasteiger partial charge in [-0.25, -0.2) is 4.39 Å². The summed E-state index contributed by atoms with van der Waals surface area (Å²) in [5.74, 6) is -0.867. The second kappa shape index (κ2) is 7.53. The first kappa shape index (κ1) is 15.2. The average molecular weight is 286 g/mol. The van der Waals surface area contributed by atoms with Crippen molar-refractivity contribution < 1.29 is 9.18 Å². The number of pyridine rings is 1. The molecule has 21 heavy (non-hydrogen) atoms. The summed E-state index contributed by atoms with van der Waals surface area (Å²) in [5.41, 5.74) is 1.38. The summed E-state index contributed by atoms with van der Waals surface area (Å²) in [6, 6.07) is 11.7. The lowest BCUT2D eigenvalue weighted by atomic mass is 10.1. The van der Waals surface area contributed by atoms with E-state index in [9.17, 15) is 9.18 Å². The predicted molar refractivity (Wildman–Crippen MR) is 80.5 cm³/mol. The molecular formula is C17H19FN2O. The molecule has 2 aromatic rings. The molecule has 0 radical (unpaired) electrons. The highest BCUT2D eigenvalue weighted by Crippen LogP contribution is 2.09. The smallest absolute Gasteiger partial charge is 0.256 e. The van der Waals surface area contributed by atoms with Crippen LogP contribution in [-0.2, 0) is 6.42 Å². The van der Waals surface area contributed by atoms with Crippen molar-refractivity contribution in [3.63, 3.8) is 0 Å². The van der Waals surface area contributed by atoms with Gasteiger partial charge in [0, 0.05) is 19.8 Å². The molecule has 0 atom stereocenters. The molecule has 0 N–H and O–H groups in total. The zero-order chi connectivity index (χ0) is 15.1. The van der Waals surface area contributed by atoms with Gasteiger partial charge in [0.15, 0.2) is 5.82 Å². The summed E-state index contributed by atoms with van der Waals surface area (Å²) in [6.45, 7) is 0.618. The van der Waals surface area contributed by atoms with Gasteiger partial charge < -0.3 is 4.90 Å². The van der Waals surface area contributed by atoms with Crippen molar-refractivity contribution in [2.75, 3.05) is 13.6 Å². The Balaban J connectivity index is 1.78. The number of benzene rings is 1. The van der Waals surface area contributed by atoms with E-state index >= 15 is 0 Å². The number of unbranched alkanes of at least 4 members (excludes halogenated alkanes) is 1. The predicted octanol–water partition coefficient (Wildman–Crippen LogP) is 3.32. The van der Waals surface area contributed by atoms with Crippen LogP contribution in [0.25, 0.3) is 0 Å². The molecule has 0 spiro atoms. The maximum atomic E-state index is 13.5. The van der Waals surface area contributed by atoms with Crippen LogP contribution in [0.5, 0.6) is 0 Å². The number of aryl methyl sites for hydroxylation is 1. The van der Waals surface area contributed by atoms with Gasteiger partial charge in [0.2, 0.25) is 0 Å². The molecule has 0 unspecified atom stereocenters. The van der Waals surface area contributed by atoms with E-state index in [1.165, 1.54) is 17.8 Å². The maximum Gasteiger partial charge on any atom is 0.256 e. The Labute approximate surface area is 124 Å². The summed E-state index contributed by atoms with van der Waals surface area (Å²) in [5, 5.41) is 0. The molecule has 0 saturated carbocycles. The SMILES string of the molecule is CN(CCCCc1ccccc1)C(=O)c1ccncc1F. The Morgan fingerprint density at radius 2 is 1.95 bits per heavy atom. The van der Waals surface area contributed by atoms with Gasteiger partial charge in [-0.3, -0.25) is 9.78 Å². The molecule has 1 heterocycles. The van der Waals surface area contributed by atoms with E-state index in [0.29, 0.717) is 6.54 Å². The summed E-state index contributed by atoms with van der Waals surface area (Å²) in [6.07, 6.45) is 5.38. The Morgan fingerprint density at radius 3 is 2.67 bits per heavy atom. The normalized spacial score (nSPS) is 10.4. The number of hydrogen-bond donors (Lipinski definition) is 0. The number of aromatic nitrogens is 1. The van der Waals surface area contributed by atoms with E-state index < -0.39 is 5.82 Å². The van der Waals surface area contributed by atoms with E-state index in [0.717, 1.165) is 25.5 Å². The van der Waals surface area contributed by atoms with E-state index in [-0.39, 0.29) is 11.5 Å². The molecule has 1 amide bonds. The van der Waals surface area contributed by atoms with Gasteiger partial charge in [-0.05, 0) is 30.9 Å². The lowest BCUT2D eigenvalue weighted by molar-refractivity contribution is 0.0788. The van der Waals surface area contributed by atoms with Crippen LogP contribution in [0.1, 0.15) is 28.8 Å². The van der Waals surface area contributed by atoms with Gasteiger partial charge in [-0.1, -0.05) is 30.3 Å². The van der Waals surface area contributed by atoms with Crippen LogP contribution in [0, 0.1) is 5.82 Å². The largest absolute Gasteiger partial charge is 0.342 e. The average Bonchev–Trinajstić information content (AvgIpc) is 2.52. The fourth-order valence-electron chi connectivity index (χ4n) is 2.18. The molecule has 0 bridgehead atoms. The zero-order valence-electron chi connectivity index (χ0n) is 12.1. The number of hydrogen-bond acceptors (Lipinski definition) is 2.